The fourth-order valence-electron chi connectivity index (χ4n) is 3.33. The van der Waals surface area contributed by atoms with E-state index in [9.17, 15) is 14.4 Å². The molecule has 2 N–H and O–H groups in total. The third-order valence-electron chi connectivity index (χ3n) is 4.97. The van der Waals surface area contributed by atoms with Gasteiger partial charge in [-0.3, -0.25) is 14.4 Å². The molecule has 146 valence electrons. The number of rotatable bonds is 6. The molecule has 1 aliphatic rings. The Hall–Kier alpha value is -3.15. The molecule has 6 nitrogen and oxygen atoms in total. The Bertz CT molecular complexity index is 872. The highest BCUT2D eigenvalue weighted by Gasteiger charge is 2.37. The van der Waals surface area contributed by atoms with E-state index in [1.165, 1.54) is 5.56 Å². The normalized spacial score (nSPS) is 16.5. The molecule has 2 aromatic carbocycles. The van der Waals surface area contributed by atoms with Crippen molar-refractivity contribution >= 4 is 29.2 Å². The molecule has 2 amide bonds. The second kappa shape index (κ2) is 8.25. The van der Waals surface area contributed by atoms with Crippen molar-refractivity contribution in [1.29, 1.82) is 0 Å². The quantitative estimate of drug-likeness (QED) is 0.752. The van der Waals surface area contributed by atoms with Crippen LogP contribution in [0.2, 0.25) is 0 Å². The molecule has 0 aromatic heterocycles. The molecule has 0 spiro atoms. The third-order valence-corrected chi connectivity index (χ3v) is 4.97. The number of carbonyl (C=O) groups is 3. The maximum atomic E-state index is 12.7. The van der Waals surface area contributed by atoms with Gasteiger partial charge in [0.2, 0.25) is 11.8 Å². The van der Waals surface area contributed by atoms with E-state index in [2.05, 4.69) is 19.2 Å². The van der Waals surface area contributed by atoms with E-state index in [1.807, 2.05) is 24.3 Å². The van der Waals surface area contributed by atoms with Crippen LogP contribution in [0.4, 0.5) is 11.4 Å². The summed E-state index contributed by atoms with van der Waals surface area (Å²) in [4.78, 5) is 37.7. The summed E-state index contributed by atoms with van der Waals surface area (Å²) in [6, 6.07) is 14.5. The predicted octanol–water partition coefficient (Wildman–Crippen LogP) is 3.43. The number of nitrogens with zero attached hydrogens (tertiary/aromatic N) is 1. The first-order valence-electron chi connectivity index (χ1n) is 9.38. The first-order chi connectivity index (χ1) is 13.3. The summed E-state index contributed by atoms with van der Waals surface area (Å²) in [5.74, 6) is -1.74. The van der Waals surface area contributed by atoms with E-state index in [1.54, 1.807) is 29.2 Å². The van der Waals surface area contributed by atoms with Crippen LogP contribution in [0.15, 0.2) is 48.5 Å². The van der Waals surface area contributed by atoms with Gasteiger partial charge in [-0.05, 0) is 47.7 Å². The molecule has 1 unspecified atom stereocenters. The van der Waals surface area contributed by atoms with Gasteiger partial charge in [-0.1, -0.05) is 38.1 Å². The van der Waals surface area contributed by atoms with Crippen molar-refractivity contribution in [2.75, 3.05) is 16.8 Å². The van der Waals surface area contributed by atoms with Crippen LogP contribution in [-0.4, -0.2) is 29.4 Å². The first kappa shape index (κ1) is 19.6. The summed E-state index contributed by atoms with van der Waals surface area (Å²) in [5.41, 5.74) is 3.21. The van der Waals surface area contributed by atoms with Gasteiger partial charge in [0.25, 0.3) is 0 Å². The van der Waals surface area contributed by atoms with Crippen LogP contribution in [0, 0.1) is 5.92 Å². The van der Waals surface area contributed by atoms with E-state index in [0.29, 0.717) is 30.1 Å². The number of nitrogens with one attached hydrogen (secondary N) is 1. The highest BCUT2D eigenvalue weighted by Crippen LogP contribution is 2.27. The molecule has 0 aliphatic carbocycles. The van der Waals surface area contributed by atoms with Crippen molar-refractivity contribution < 1.29 is 19.5 Å². The van der Waals surface area contributed by atoms with Crippen LogP contribution in [0.25, 0.3) is 0 Å². The average molecular weight is 380 g/mol. The molecular formula is C22H24N2O4. The number of hydrogen-bond donors (Lipinski definition) is 2. The summed E-state index contributed by atoms with van der Waals surface area (Å²) in [6.45, 7) is 4.74. The van der Waals surface area contributed by atoms with E-state index in [0.717, 1.165) is 5.69 Å². The van der Waals surface area contributed by atoms with Crippen molar-refractivity contribution in [2.45, 2.75) is 32.6 Å². The number of amides is 2. The van der Waals surface area contributed by atoms with Crippen LogP contribution in [0.1, 0.15) is 37.3 Å². The predicted molar refractivity (Wildman–Crippen MR) is 107 cm³/mol. The fraction of sp³-hybridized carbons (Fsp3) is 0.318. The molecule has 0 radical (unpaired) electrons. The van der Waals surface area contributed by atoms with Crippen molar-refractivity contribution in [3.8, 4) is 0 Å². The largest absolute Gasteiger partial charge is 0.481 e. The summed E-state index contributed by atoms with van der Waals surface area (Å²) >= 11 is 0. The molecule has 1 saturated heterocycles. The molecule has 28 heavy (non-hydrogen) atoms. The molecule has 3 rings (SSSR count). The molecule has 1 aliphatic heterocycles. The number of anilines is 2. The molecule has 1 fully saturated rings. The lowest BCUT2D eigenvalue weighted by Gasteiger charge is -2.18. The number of hydrogen-bond acceptors (Lipinski definition) is 3. The zero-order valence-electron chi connectivity index (χ0n) is 16.0. The molecule has 0 saturated carbocycles. The minimum atomic E-state index is -0.908. The molecule has 1 atom stereocenters. The van der Waals surface area contributed by atoms with Crippen LogP contribution < -0.4 is 10.2 Å². The van der Waals surface area contributed by atoms with Gasteiger partial charge in [0.1, 0.15) is 5.92 Å². The number of carboxylic acids is 1. The monoisotopic (exact) mass is 380 g/mol. The molecular weight excluding hydrogens is 356 g/mol. The summed E-state index contributed by atoms with van der Waals surface area (Å²) in [7, 11) is 0. The summed E-state index contributed by atoms with van der Waals surface area (Å²) in [5, 5.41) is 11.6. The average Bonchev–Trinajstić information content (AvgIpc) is 3.04. The SMILES string of the molecule is CC(C)c1ccc(N2CCC(C(=O)Nc3ccc(CC(=O)O)cc3)C2=O)cc1. The van der Waals surface area contributed by atoms with Gasteiger partial charge in [0.15, 0.2) is 0 Å². The number of carboxylic acid groups (broad SMARTS) is 1. The van der Waals surface area contributed by atoms with Crippen molar-refractivity contribution in [3.63, 3.8) is 0 Å². The number of carbonyl (C=O) groups excluding carboxylic acids is 2. The Morgan fingerprint density at radius 3 is 2.32 bits per heavy atom. The lowest BCUT2D eigenvalue weighted by Crippen LogP contribution is -2.33. The van der Waals surface area contributed by atoms with Gasteiger partial charge in [0, 0.05) is 17.9 Å². The maximum Gasteiger partial charge on any atom is 0.307 e. The zero-order valence-corrected chi connectivity index (χ0v) is 16.0. The zero-order chi connectivity index (χ0) is 20.3. The standard InChI is InChI=1S/C22H24N2O4/c1-14(2)16-5-9-18(10-6-16)24-12-11-19(22(24)28)21(27)23-17-7-3-15(4-8-17)13-20(25)26/h3-10,14,19H,11-13H2,1-2H3,(H,23,27)(H,25,26). The minimum absolute atomic E-state index is 0.0695. The van der Waals surface area contributed by atoms with Gasteiger partial charge in [-0.2, -0.15) is 0 Å². The van der Waals surface area contributed by atoms with Gasteiger partial charge < -0.3 is 15.3 Å². The smallest absolute Gasteiger partial charge is 0.307 e. The Labute approximate surface area is 164 Å². The van der Waals surface area contributed by atoms with Gasteiger partial charge in [-0.15, -0.1) is 0 Å². The number of aliphatic carboxylic acids is 1. The molecule has 1 heterocycles. The first-order valence-corrected chi connectivity index (χ1v) is 9.38. The van der Waals surface area contributed by atoms with Crippen LogP contribution in [0.5, 0.6) is 0 Å². The highest BCUT2D eigenvalue weighted by atomic mass is 16.4. The van der Waals surface area contributed by atoms with Crippen molar-refractivity contribution in [2.24, 2.45) is 5.92 Å². The van der Waals surface area contributed by atoms with Gasteiger partial charge in [-0.25, -0.2) is 0 Å². The summed E-state index contributed by atoms with van der Waals surface area (Å²) < 4.78 is 0. The molecule has 2 aromatic rings. The second-order valence-corrected chi connectivity index (χ2v) is 7.33. The lowest BCUT2D eigenvalue weighted by molar-refractivity contribution is -0.136. The minimum Gasteiger partial charge on any atom is -0.481 e. The number of benzene rings is 2. The fourth-order valence-corrected chi connectivity index (χ4v) is 3.33. The third kappa shape index (κ3) is 4.39. The Morgan fingerprint density at radius 2 is 1.75 bits per heavy atom. The van der Waals surface area contributed by atoms with E-state index in [4.69, 9.17) is 5.11 Å². The maximum absolute atomic E-state index is 12.7. The van der Waals surface area contributed by atoms with Crippen molar-refractivity contribution in [3.05, 3.63) is 59.7 Å². The highest BCUT2D eigenvalue weighted by molar-refractivity contribution is 6.13. The van der Waals surface area contributed by atoms with Gasteiger partial charge >= 0.3 is 5.97 Å². The second-order valence-electron chi connectivity index (χ2n) is 7.33. The molecule has 0 bridgehead atoms. The van der Waals surface area contributed by atoms with E-state index < -0.39 is 11.9 Å². The lowest BCUT2D eigenvalue weighted by atomic mass is 10.0. The van der Waals surface area contributed by atoms with Crippen LogP contribution >= 0.6 is 0 Å². The Kier molecular flexibility index (Phi) is 5.78. The van der Waals surface area contributed by atoms with Gasteiger partial charge in [0.05, 0.1) is 6.42 Å². The van der Waals surface area contributed by atoms with Crippen LogP contribution in [0.3, 0.4) is 0 Å². The molecule has 6 heteroatoms. The Balaban J connectivity index is 1.63. The van der Waals surface area contributed by atoms with Crippen LogP contribution in [-0.2, 0) is 20.8 Å². The van der Waals surface area contributed by atoms with E-state index in [-0.39, 0.29) is 18.2 Å². The Morgan fingerprint density at radius 1 is 1.11 bits per heavy atom. The summed E-state index contributed by atoms with van der Waals surface area (Å²) in [6.07, 6.45) is 0.396. The van der Waals surface area contributed by atoms with E-state index >= 15 is 0 Å². The van der Waals surface area contributed by atoms with Crippen molar-refractivity contribution in [1.82, 2.24) is 0 Å². The topological polar surface area (TPSA) is 86.7 Å².